The van der Waals surface area contributed by atoms with E-state index in [1.165, 1.54) is 7.11 Å². The van der Waals surface area contributed by atoms with E-state index in [-0.39, 0.29) is 6.42 Å². The van der Waals surface area contributed by atoms with E-state index in [1.54, 1.807) is 19.2 Å². The van der Waals surface area contributed by atoms with Crippen LogP contribution in [0.4, 0.5) is 0 Å². The molecule has 4 nitrogen and oxygen atoms in total. The van der Waals surface area contributed by atoms with Crippen molar-refractivity contribution < 1.29 is 14.3 Å². The minimum absolute atomic E-state index is 0.260. The first kappa shape index (κ1) is 12.6. The van der Waals surface area contributed by atoms with Crippen molar-refractivity contribution in [3.05, 3.63) is 28.8 Å². The number of hydrogen-bond acceptors (Lipinski definition) is 4. The molecule has 94 valence electrons. The van der Waals surface area contributed by atoms with Gasteiger partial charge in [-0.2, -0.15) is 0 Å². The first-order valence-electron chi connectivity index (χ1n) is 5.34. The Bertz CT molecular complexity index is 598. The van der Waals surface area contributed by atoms with E-state index >= 15 is 0 Å². The van der Waals surface area contributed by atoms with E-state index in [9.17, 15) is 4.79 Å². The molecule has 5 heteroatoms. The molecule has 1 aromatic heterocycles. The van der Waals surface area contributed by atoms with Gasteiger partial charge in [0, 0.05) is 23.4 Å². The van der Waals surface area contributed by atoms with Crippen molar-refractivity contribution in [2.45, 2.75) is 6.42 Å². The summed E-state index contributed by atoms with van der Waals surface area (Å²) >= 11 is 6.05. The Morgan fingerprint density at radius 3 is 2.67 bits per heavy atom. The van der Waals surface area contributed by atoms with Crippen molar-refractivity contribution >= 4 is 28.8 Å². The van der Waals surface area contributed by atoms with Crippen molar-refractivity contribution in [1.29, 1.82) is 0 Å². The van der Waals surface area contributed by atoms with Crippen molar-refractivity contribution in [2.24, 2.45) is 0 Å². The summed E-state index contributed by atoms with van der Waals surface area (Å²) in [6.45, 7) is 0. The smallest absolute Gasteiger partial charge is 0.217 e. The second-order valence-corrected chi connectivity index (χ2v) is 4.11. The number of carbonyl (C=O) groups excluding carboxylic acids is 1. The highest BCUT2D eigenvalue weighted by Crippen LogP contribution is 2.31. The molecule has 0 spiro atoms. The lowest BCUT2D eigenvalue weighted by Crippen LogP contribution is -1.97. The summed E-state index contributed by atoms with van der Waals surface area (Å²) in [5, 5.41) is 1.35. The predicted octanol–water partition coefficient (Wildman–Crippen LogP) is 2.65. The summed E-state index contributed by atoms with van der Waals surface area (Å²) < 4.78 is 10.3. The van der Waals surface area contributed by atoms with Crippen LogP contribution in [0.3, 0.4) is 0 Å². The number of aromatic nitrogens is 1. The highest BCUT2D eigenvalue weighted by atomic mass is 35.5. The number of benzene rings is 1. The third kappa shape index (κ3) is 2.24. The summed E-state index contributed by atoms with van der Waals surface area (Å²) in [7, 11) is 3.07. The number of methoxy groups -OCH3 is 2. The number of nitrogens with zero attached hydrogens (tertiary/aromatic N) is 1. The third-order valence-electron chi connectivity index (χ3n) is 2.62. The monoisotopic (exact) mass is 265 g/mol. The van der Waals surface area contributed by atoms with Crippen LogP contribution >= 0.6 is 11.6 Å². The molecule has 0 fully saturated rings. The fraction of sp³-hybridized carbons (Fsp3) is 0.231. The number of carbonyl (C=O) groups is 1. The molecule has 0 bridgehead atoms. The van der Waals surface area contributed by atoms with Gasteiger partial charge in [0.25, 0.3) is 0 Å². The van der Waals surface area contributed by atoms with E-state index in [1.807, 2.05) is 6.07 Å². The fourth-order valence-electron chi connectivity index (χ4n) is 1.77. The normalized spacial score (nSPS) is 10.4. The summed E-state index contributed by atoms with van der Waals surface area (Å²) in [6.07, 6.45) is 1.08. The number of pyridine rings is 1. The standard InChI is InChI=1S/C13H12ClNO3/c1-17-12-7-11-9(6-10(12)14)5-8(3-4-16)13(15-11)18-2/h4-7H,3H2,1-2H3. The molecule has 0 atom stereocenters. The highest BCUT2D eigenvalue weighted by molar-refractivity contribution is 6.32. The van der Waals surface area contributed by atoms with Gasteiger partial charge in [-0.15, -0.1) is 0 Å². The van der Waals surface area contributed by atoms with Gasteiger partial charge in [0.2, 0.25) is 5.88 Å². The number of ether oxygens (including phenoxy) is 2. The molecule has 2 aromatic rings. The van der Waals surface area contributed by atoms with Gasteiger partial charge in [0.15, 0.2) is 0 Å². The topological polar surface area (TPSA) is 48.4 Å². The molecule has 1 heterocycles. The Labute approximate surface area is 109 Å². The average Bonchev–Trinajstić information content (AvgIpc) is 2.37. The van der Waals surface area contributed by atoms with Crippen LogP contribution in [0, 0.1) is 0 Å². The van der Waals surface area contributed by atoms with Gasteiger partial charge < -0.3 is 14.3 Å². The predicted molar refractivity (Wildman–Crippen MR) is 69.6 cm³/mol. The second kappa shape index (κ2) is 5.23. The Morgan fingerprint density at radius 1 is 1.28 bits per heavy atom. The first-order chi connectivity index (χ1) is 8.69. The van der Waals surface area contributed by atoms with Crippen molar-refractivity contribution in [3.8, 4) is 11.6 Å². The molecule has 0 aliphatic rings. The van der Waals surface area contributed by atoms with Gasteiger partial charge in [-0.25, -0.2) is 4.98 Å². The average molecular weight is 266 g/mol. The van der Waals surface area contributed by atoms with Gasteiger partial charge in [0.1, 0.15) is 12.0 Å². The van der Waals surface area contributed by atoms with Crippen LogP contribution in [0.1, 0.15) is 5.56 Å². The van der Waals surface area contributed by atoms with Crippen molar-refractivity contribution in [3.63, 3.8) is 0 Å². The van der Waals surface area contributed by atoms with Crippen LogP contribution < -0.4 is 9.47 Å². The van der Waals surface area contributed by atoms with Crippen LogP contribution in [0.25, 0.3) is 10.9 Å². The highest BCUT2D eigenvalue weighted by Gasteiger charge is 2.10. The largest absolute Gasteiger partial charge is 0.495 e. The zero-order valence-corrected chi connectivity index (χ0v) is 10.8. The van der Waals surface area contributed by atoms with E-state index in [0.29, 0.717) is 22.2 Å². The number of aldehydes is 1. The second-order valence-electron chi connectivity index (χ2n) is 3.71. The lowest BCUT2D eigenvalue weighted by molar-refractivity contribution is -0.107. The Morgan fingerprint density at radius 2 is 2.06 bits per heavy atom. The van der Waals surface area contributed by atoms with E-state index in [2.05, 4.69) is 4.98 Å². The maximum atomic E-state index is 10.6. The van der Waals surface area contributed by atoms with Crippen molar-refractivity contribution in [1.82, 2.24) is 4.98 Å². The molecule has 0 amide bonds. The summed E-state index contributed by atoms with van der Waals surface area (Å²) in [4.78, 5) is 15.0. The maximum Gasteiger partial charge on any atom is 0.217 e. The summed E-state index contributed by atoms with van der Waals surface area (Å²) in [5.74, 6) is 1.00. The van der Waals surface area contributed by atoms with Gasteiger partial charge >= 0.3 is 0 Å². The number of fused-ring (bicyclic) bond motifs is 1. The maximum absolute atomic E-state index is 10.6. The molecule has 0 N–H and O–H groups in total. The minimum atomic E-state index is 0.260. The zero-order chi connectivity index (χ0) is 13.1. The van der Waals surface area contributed by atoms with Crippen LogP contribution in [0.15, 0.2) is 18.2 Å². The first-order valence-corrected chi connectivity index (χ1v) is 5.72. The van der Waals surface area contributed by atoms with E-state index < -0.39 is 0 Å². The zero-order valence-electron chi connectivity index (χ0n) is 10.1. The molecule has 0 aliphatic heterocycles. The Kier molecular flexibility index (Phi) is 3.67. The fourth-order valence-corrected chi connectivity index (χ4v) is 2.02. The SMILES string of the molecule is COc1cc2nc(OC)c(CC=O)cc2cc1Cl. The number of halogens is 1. The lowest BCUT2D eigenvalue weighted by Gasteiger charge is -2.09. The quantitative estimate of drug-likeness (QED) is 0.798. The summed E-state index contributed by atoms with van der Waals surface area (Å²) in [6, 6.07) is 5.35. The van der Waals surface area contributed by atoms with Gasteiger partial charge in [0.05, 0.1) is 24.8 Å². The number of hydrogen-bond donors (Lipinski definition) is 0. The van der Waals surface area contributed by atoms with Crippen molar-refractivity contribution in [2.75, 3.05) is 14.2 Å². The lowest BCUT2D eigenvalue weighted by atomic mass is 10.1. The molecule has 0 aliphatic carbocycles. The summed E-state index contributed by atoms with van der Waals surface area (Å²) in [5.41, 5.74) is 1.45. The van der Waals surface area contributed by atoms with Crippen LogP contribution in [-0.2, 0) is 11.2 Å². The molecule has 0 saturated carbocycles. The van der Waals surface area contributed by atoms with E-state index in [0.717, 1.165) is 17.2 Å². The van der Waals surface area contributed by atoms with Crippen LogP contribution in [0.5, 0.6) is 11.6 Å². The molecular weight excluding hydrogens is 254 g/mol. The van der Waals surface area contributed by atoms with Gasteiger partial charge in [-0.05, 0) is 12.1 Å². The molecule has 18 heavy (non-hydrogen) atoms. The Balaban J connectivity index is 2.66. The van der Waals surface area contributed by atoms with Gasteiger partial charge in [-0.1, -0.05) is 11.6 Å². The van der Waals surface area contributed by atoms with E-state index in [4.69, 9.17) is 21.1 Å². The molecule has 2 rings (SSSR count). The molecule has 0 radical (unpaired) electrons. The minimum Gasteiger partial charge on any atom is -0.495 e. The van der Waals surface area contributed by atoms with Crippen LogP contribution in [0.2, 0.25) is 5.02 Å². The third-order valence-corrected chi connectivity index (χ3v) is 2.92. The molecule has 0 unspecified atom stereocenters. The number of rotatable bonds is 4. The molecule has 1 aromatic carbocycles. The molecular formula is C13H12ClNO3. The Hall–Kier alpha value is -1.81. The van der Waals surface area contributed by atoms with Gasteiger partial charge in [-0.3, -0.25) is 0 Å². The molecule has 0 saturated heterocycles. The van der Waals surface area contributed by atoms with Crippen LogP contribution in [-0.4, -0.2) is 25.5 Å².